The minimum Gasteiger partial charge on any atom is -0.246 e. The molecule has 72 valence electrons. The largest absolute Gasteiger partial charge is 0.246 e. The highest BCUT2D eigenvalue weighted by Gasteiger charge is 2.01. The number of hydrogen-bond donors (Lipinski definition) is 0. The van der Waals surface area contributed by atoms with Gasteiger partial charge in [0.15, 0.2) is 0 Å². The van der Waals surface area contributed by atoms with Gasteiger partial charge in [-0.05, 0) is 53.2 Å². The number of hydrogen-bond acceptors (Lipinski definition) is 1. The molecule has 0 spiro atoms. The topological polar surface area (TPSA) is 12.9 Å². The summed E-state index contributed by atoms with van der Waals surface area (Å²) in [5, 5.41) is 0. The number of halogens is 1. The Labute approximate surface area is 88.7 Å². The molecule has 0 fully saturated rings. The van der Waals surface area contributed by atoms with Crippen LogP contribution in [0.2, 0.25) is 0 Å². The normalized spacial score (nSPS) is 10.8. The van der Waals surface area contributed by atoms with Crippen LogP contribution in [0.5, 0.6) is 0 Å². The van der Waals surface area contributed by atoms with Gasteiger partial charge in [-0.2, -0.15) is 0 Å². The second-order valence-electron chi connectivity index (χ2n) is 3.81. The van der Waals surface area contributed by atoms with Crippen molar-refractivity contribution in [2.45, 2.75) is 33.6 Å². The van der Waals surface area contributed by atoms with Crippen LogP contribution >= 0.6 is 15.9 Å². The molecule has 0 aromatic carbocycles. The molecule has 1 rings (SSSR count). The van der Waals surface area contributed by atoms with Crippen LogP contribution in [0, 0.1) is 12.8 Å². The first-order valence-corrected chi connectivity index (χ1v) is 5.51. The van der Waals surface area contributed by atoms with Gasteiger partial charge in [-0.15, -0.1) is 0 Å². The molecule has 1 nitrogen and oxygen atoms in total. The second-order valence-corrected chi connectivity index (χ2v) is 4.62. The fraction of sp³-hybridized carbons (Fsp3) is 0.545. The molecular formula is C11H16BrN. The molecule has 0 aliphatic carbocycles. The van der Waals surface area contributed by atoms with Crippen LogP contribution in [0.1, 0.15) is 31.5 Å². The molecule has 1 aromatic heterocycles. The highest BCUT2D eigenvalue weighted by Crippen LogP contribution is 2.14. The summed E-state index contributed by atoms with van der Waals surface area (Å²) in [5.41, 5.74) is 2.52. The van der Waals surface area contributed by atoms with E-state index in [0.29, 0.717) is 0 Å². The Balaban J connectivity index is 2.67. The first-order chi connectivity index (χ1) is 6.09. The monoisotopic (exact) mass is 241 g/mol. The zero-order valence-electron chi connectivity index (χ0n) is 8.47. The van der Waals surface area contributed by atoms with Crippen LogP contribution in [0.4, 0.5) is 0 Å². The van der Waals surface area contributed by atoms with E-state index < -0.39 is 0 Å². The molecule has 0 amide bonds. The Hall–Kier alpha value is -0.370. The number of aromatic nitrogens is 1. The number of rotatable bonds is 3. The zero-order chi connectivity index (χ0) is 9.84. The maximum absolute atomic E-state index is 4.37. The van der Waals surface area contributed by atoms with Gasteiger partial charge in [0.2, 0.25) is 0 Å². The van der Waals surface area contributed by atoms with Crippen LogP contribution in [0.3, 0.4) is 0 Å². The van der Waals surface area contributed by atoms with E-state index in [1.54, 1.807) is 0 Å². The number of aryl methyl sites for hydroxylation is 2. The van der Waals surface area contributed by atoms with Gasteiger partial charge in [-0.25, -0.2) is 4.98 Å². The Morgan fingerprint density at radius 1 is 1.38 bits per heavy atom. The van der Waals surface area contributed by atoms with Crippen molar-refractivity contribution in [2.24, 2.45) is 5.92 Å². The minimum atomic E-state index is 0.767. The van der Waals surface area contributed by atoms with Crippen LogP contribution in [0.15, 0.2) is 16.7 Å². The van der Waals surface area contributed by atoms with E-state index in [2.05, 4.69) is 47.8 Å². The maximum atomic E-state index is 4.37. The Kier molecular flexibility index (Phi) is 3.91. The van der Waals surface area contributed by atoms with Gasteiger partial charge in [-0.1, -0.05) is 19.9 Å². The van der Waals surface area contributed by atoms with Crippen molar-refractivity contribution in [3.05, 3.63) is 28.0 Å². The summed E-state index contributed by atoms with van der Waals surface area (Å²) in [6, 6.07) is 4.18. The molecule has 0 atom stereocenters. The van der Waals surface area contributed by atoms with Gasteiger partial charge in [0.05, 0.1) is 0 Å². The Morgan fingerprint density at radius 2 is 2.08 bits per heavy atom. The smallest absolute Gasteiger partial charge is 0.106 e. The summed E-state index contributed by atoms with van der Waals surface area (Å²) in [7, 11) is 0. The van der Waals surface area contributed by atoms with E-state index in [1.165, 1.54) is 12.0 Å². The highest BCUT2D eigenvalue weighted by molar-refractivity contribution is 9.10. The maximum Gasteiger partial charge on any atom is 0.106 e. The fourth-order valence-corrected chi connectivity index (χ4v) is 1.67. The summed E-state index contributed by atoms with van der Waals surface area (Å²) in [5.74, 6) is 0.767. The summed E-state index contributed by atoms with van der Waals surface area (Å²) in [6.45, 7) is 6.57. The van der Waals surface area contributed by atoms with Crippen molar-refractivity contribution in [1.29, 1.82) is 0 Å². The van der Waals surface area contributed by atoms with Crippen molar-refractivity contribution in [3.8, 4) is 0 Å². The van der Waals surface area contributed by atoms with Crippen LogP contribution in [-0.2, 0) is 6.42 Å². The quantitative estimate of drug-likeness (QED) is 0.736. The molecule has 0 radical (unpaired) electrons. The van der Waals surface area contributed by atoms with E-state index in [1.807, 2.05) is 6.07 Å². The zero-order valence-corrected chi connectivity index (χ0v) is 10.1. The van der Waals surface area contributed by atoms with Gasteiger partial charge in [0.1, 0.15) is 4.60 Å². The first kappa shape index (κ1) is 10.7. The lowest BCUT2D eigenvalue weighted by molar-refractivity contribution is 0.584. The lowest BCUT2D eigenvalue weighted by atomic mass is 10.0. The standard InChI is InChI=1S/C11H16BrN/c1-8(2)4-5-10-6-7-11(12)13-9(10)3/h6-8H,4-5H2,1-3H3. The lowest BCUT2D eigenvalue weighted by Gasteiger charge is -2.07. The summed E-state index contributed by atoms with van der Waals surface area (Å²) < 4.78 is 0.929. The molecule has 0 N–H and O–H groups in total. The molecule has 0 aliphatic heterocycles. The van der Waals surface area contributed by atoms with E-state index in [0.717, 1.165) is 22.6 Å². The predicted molar refractivity (Wildman–Crippen MR) is 59.8 cm³/mol. The van der Waals surface area contributed by atoms with Gasteiger partial charge < -0.3 is 0 Å². The highest BCUT2D eigenvalue weighted by atomic mass is 79.9. The van der Waals surface area contributed by atoms with Crippen LogP contribution in [0.25, 0.3) is 0 Å². The van der Waals surface area contributed by atoms with Crippen molar-refractivity contribution < 1.29 is 0 Å². The van der Waals surface area contributed by atoms with Gasteiger partial charge >= 0.3 is 0 Å². The van der Waals surface area contributed by atoms with Gasteiger partial charge in [0, 0.05) is 5.69 Å². The van der Waals surface area contributed by atoms with Gasteiger partial charge in [0.25, 0.3) is 0 Å². The Bertz CT molecular complexity index is 281. The third kappa shape index (κ3) is 3.47. The van der Waals surface area contributed by atoms with E-state index in [9.17, 15) is 0 Å². The predicted octanol–water partition coefficient (Wildman–Crippen LogP) is 3.74. The SMILES string of the molecule is Cc1nc(Br)ccc1CCC(C)C. The molecule has 0 aliphatic rings. The molecule has 1 aromatic rings. The van der Waals surface area contributed by atoms with Crippen LogP contribution < -0.4 is 0 Å². The van der Waals surface area contributed by atoms with E-state index >= 15 is 0 Å². The molecular weight excluding hydrogens is 226 g/mol. The van der Waals surface area contributed by atoms with E-state index in [4.69, 9.17) is 0 Å². The number of nitrogens with zero attached hydrogens (tertiary/aromatic N) is 1. The lowest BCUT2D eigenvalue weighted by Crippen LogP contribution is -1.96. The van der Waals surface area contributed by atoms with Crippen LogP contribution in [-0.4, -0.2) is 4.98 Å². The average molecular weight is 242 g/mol. The molecule has 1 heterocycles. The molecule has 13 heavy (non-hydrogen) atoms. The van der Waals surface area contributed by atoms with E-state index in [-0.39, 0.29) is 0 Å². The molecule has 0 bridgehead atoms. The first-order valence-electron chi connectivity index (χ1n) is 4.71. The fourth-order valence-electron chi connectivity index (χ4n) is 1.27. The van der Waals surface area contributed by atoms with Crippen molar-refractivity contribution in [2.75, 3.05) is 0 Å². The number of pyridine rings is 1. The summed E-state index contributed by atoms with van der Waals surface area (Å²) >= 11 is 3.37. The second kappa shape index (κ2) is 4.75. The minimum absolute atomic E-state index is 0.767. The van der Waals surface area contributed by atoms with Crippen molar-refractivity contribution >= 4 is 15.9 Å². The Morgan fingerprint density at radius 3 is 2.62 bits per heavy atom. The summed E-state index contributed by atoms with van der Waals surface area (Å²) in [4.78, 5) is 4.37. The third-order valence-electron chi connectivity index (χ3n) is 2.15. The van der Waals surface area contributed by atoms with Crippen molar-refractivity contribution in [1.82, 2.24) is 4.98 Å². The molecule has 0 unspecified atom stereocenters. The van der Waals surface area contributed by atoms with Crippen molar-refractivity contribution in [3.63, 3.8) is 0 Å². The molecule has 0 saturated carbocycles. The average Bonchev–Trinajstić information content (AvgIpc) is 2.02. The molecule has 2 heteroatoms. The molecule has 0 saturated heterocycles. The van der Waals surface area contributed by atoms with Gasteiger partial charge in [-0.3, -0.25) is 0 Å². The summed E-state index contributed by atoms with van der Waals surface area (Å²) in [6.07, 6.45) is 2.38. The third-order valence-corrected chi connectivity index (χ3v) is 2.59.